The van der Waals surface area contributed by atoms with Crippen LogP contribution in [-0.4, -0.2) is 77.3 Å². The average molecular weight is 698 g/mol. The standard InChI is InChI=1S/C32H34Cl2N8O6/c1-41(27(44)16-36-26(43)12-9-19-14-37-30(38-15-19)40-32(45)46)23-11-10-22(33)21(28(23)34)18-48-25-8-5-7-24-29(25)39-31(47-2)42(24)17-20-6-3-4-13-35-20/h3-8,10-11,13,19H,9,12,14-18H2,1-2H3,(H,36,43)(H,45,46)(H2,37,38,40). The predicted octanol–water partition coefficient (Wildman–Crippen LogP) is 4.08. The minimum atomic E-state index is -1.20. The molecule has 3 amide bonds. The number of anilines is 1. The van der Waals surface area contributed by atoms with Gasteiger partial charge in [0.25, 0.3) is 6.01 Å². The largest absolute Gasteiger partial charge is 0.486 e. The van der Waals surface area contributed by atoms with Crippen LogP contribution in [0.25, 0.3) is 11.0 Å². The van der Waals surface area contributed by atoms with Gasteiger partial charge in [0, 0.05) is 43.3 Å². The van der Waals surface area contributed by atoms with E-state index in [1.165, 1.54) is 4.90 Å². The van der Waals surface area contributed by atoms with Crippen LogP contribution < -0.4 is 30.3 Å². The molecular weight excluding hydrogens is 663 g/mol. The van der Waals surface area contributed by atoms with Crippen LogP contribution in [0.5, 0.6) is 11.8 Å². The number of ether oxygens (including phenoxy) is 2. The molecule has 0 saturated heterocycles. The van der Waals surface area contributed by atoms with Crippen molar-refractivity contribution in [3.8, 4) is 11.8 Å². The van der Waals surface area contributed by atoms with Crippen molar-refractivity contribution in [3.05, 3.63) is 76.0 Å². The number of fused-ring (bicyclic) bond motifs is 1. The zero-order valence-electron chi connectivity index (χ0n) is 26.2. The first-order valence-electron chi connectivity index (χ1n) is 15.0. The number of hydrogen-bond donors (Lipinski definition) is 4. The first-order valence-corrected chi connectivity index (χ1v) is 15.7. The summed E-state index contributed by atoms with van der Waals surface area (Å²) in [6.45, 7) is 1.07. The van der Waals surface area contributed by atoms with E-state index in [-0.39, 0.29) is 48.3 Å². The summed E-state index contributed by atoms with van der Waals surface area (Å²) in [4.78, 5) is 50.7. The minimum absolute atomic E-state index is 0.00721. The fourth-order valence-electron chi connectivity index (χ4n) is 5.12. The van der Waals surface area contributed by atoms with Gasteiger partial charge in [-0.3, -0.25) is 29.4 Å². The van der Waals surface area contributed by atoms with Crippen LogP contribution in [0.3, 0.4) is 0 Å². The van der Waals surface area contributed by atoms with Gasteiger partial charge in [0.05, 0.1) is 42.1 Å². The number of guanidine groups is 1. The van der Waals surface area contributed by atoms with Crippen molar-refractivity contribution in [1.29, 1.82) is 0 Å². The number of methoxy groups -OCH3 is 1. The fraction of sp³-hybridized carbons (Fsp3) is 0.312. The number of imidazole rings is 1. The number of nitrogens with zero attached hydrogens (tertiary/aromatic N) is 5. The van der Waals surface area contributed by atoms with Crippen LogP contribution in [0.15, 0.2) is 59.7 Å². The Kier molecular flexibility index (Phi) is 11.2. The molecule has 16 heteroatoms. The summed E-state index contributed by atoms with van der Waals surface area (Å²) < 4.78 is 13.6. The second-order valence-electron chi connectivity index (χ2n) is 10.9. The highest BCUT2D eigenvalue weighted by atomic mass is 35.5. The summed E-state index contributed by atoms with van der Waals surface area (Å²) in [6.07, 6.45) is 1.23. The van der Waals surface area contributed by atoms with Gasteiger partial charge in [-0.2, -0.15) is 4.98 Å². The summed E-state index contributed by atoms with van der Waals surface area (Å²) in [7, 11) is 3.11. The molecule has 5 rings (SSSR count). The van der Waals surface area contributed by atoms with Gasteiger partial charge in [-0.1, -0.05) is 35.3 Å². The van der Waals surface area contributed by atoms with Crippen LogP contribution in [-0.2, 0) is 22.7 Å². The van der Waals surface area contributed by atoms with Crippen molar-refractivity contribution in [2.24, 2.45) is 10.9 Å². The van der Waals surface area contributed by atoms with Crippen LogP contribution in [0.1, 0.15) is 24.1 Å². The molecule has 0 aliphatic carbocycles. The third-order valence-corrected chi connectivity index (χ3v) is 8.49. The lowest BCUT2D eigenvalue weighted by atomic mass is 10.0. The molecule has 1 unspecified atom stereocenters. The molecule has 0 spiro atoms. The van der Waals surface area contributed by atoms with Crippen molar-refractivity contribution in [2.45, 2.75) is 26.0 Å². The summed E-state index contributed by atoms with van der Waals surface area (Å²) in [5.74, 6) is 0.0548. The number of aromatic nitrogens is 3. The molecule has 4 aromatic rings. The average Bonchev–Trinajstić information content (AvgIpc) is 3.44. The number of likely N-dealkylation sites (N-methyl/N-ethyl adjacent to an activating group) is 1. The number of carbonyl (C=O) groups excluding carboxylic acids is 2. The molecule has 2 aromatic heterocycles. The Labute approximate surface area is 286 Å². The van der Waals surface area contributed by atoms with E-state index in [1.54, 1.807) is 38.6 Å². The van der Waals surface area contributed by atoms with E-state index in [2.05, 4.69) is 30.9 Å². The van der Waals surface area contributed by atoms with E-state index in [0.29, 0.717) is 59.6 Å². The Morgan fingerprint density at radius 1 is 1.15 bits per heavy atom. The lowest BCUT2D eigenvalue weighted by Gasteiger charge is -2.23. The van der Waals surface area contributed by atoms with Crippen molar-refractivity contribution in [2.75, 3.05) is 38.7 Å². The highest BCUT2D eigenvalue weighted by Gasteiger charge is 2.22. The Balaban J connectivity index is 1.20. The molecule has 2 aromatic carbocycles. The maximum absolute atomic E-state index is 13.0. The first kappa shape index (κ1) is 34.3. The number of pyridine rings is 1. The second-order valence-corrected chi connectivity index (χ2v) is 11.7. The van der Waals surface area contributed by atoms with E-state index in [1.807, 2.05) is 34.9 Å². The Morgan fingerprint density at radius 3 is 2.69 bits per heavy atom. The van der Waals surface area contributed by atoms with E-state index >= 15 is 0 Å². The lowest BCUT2D eigenvalue weighted by Crippen LogP contribution is -2.46. The molecule has 3 heterocycles. The van der Waals surface area contributed by atoms with E-state index < -0.39 is 6.09 Å². The van der Waals surface area contributed by atoms with Crippen LogP contribution in [0, 0.1) is 5.92 Å². The molecule has 14 nitrogen and oxygen atoms in total. The van der Waals surface area contributed by atoms with Crippen molar-refractivity contribution >= 4 is 63.8 Å². The summed E-state index contributed by atoms with van der Waals surface area (Å²) in [6, 6.07) is 14.9. The Morgan fingerprint density at radius 2 is 1.98 bits per heavy atom. The molecule has 0 fully saturated rings. The Bertz CT molecular complexity index is 1830. The SMILES string of the molecule is COc1nc2c(OCc3c(Cl)ccc(N(C)C(=O)CNC(=O)CCC4CN=C(NC(=O)O)NC4)c3Cl)cccc2n1Cc1ccccn1. The van der Waals surface area contributed by atoms with Crippen LogP contribution in [0.4, 0.5) is 10.5 Å². The van der Waals surface area contributed by atoms with Gasteiger partial charge in [-0.15, -0.1) is 0 Å². The highest BCUT2D eigenvalue weighted by Crippen LogP contribution is 2.36. The monoisotopic (exact) mass is 696 g/mol. The number of benzene rings is 2. The topological polar surface area (TPSA) is 172 Å². The van der Waals surface area contributed by atoms with Gasteiger partial charge in [0.15, 0.2) is 0 Å². The second kappa shape index (κ2) is 15.7. The van der Waals surface area contributed by atoms with Crippen LogP contribution in [0.2, 0.25) is 10.0 Å². The van der Waals surface area contributed by atoms with Crippen molar-refractivity contribution in [1.82, 2.24) is 30.5 Å². The molecule has 1 aliphatic heterocycles. The zero-order valence-corrected chi connectivity index (χ0v) is 27.7. The predicted molar refractivity (Wildman–Crippen MR) is 181 cm³/mol. The number of rotatable bonds is 12. The smallest absolute Gasteiger partial charge is 0.411 e. The summed E-state index contributed by atoms with van der Waals surface area (Å²) >= 11 is 13.3. The van der Waals surface area contributed by atoms with E-state index in [0.717, 1.165) is 11.2 Å². The van der Waals surface area contributed by atoms with E-state index in [4.69, 9.17) is 37.8 Å². The number of nitrogens with one attached hydrogen (secondary N) is 3. The molecule has 4 N–H and O–H groups in total. The number of para-hydroxylation sites is 1. The zero-order chi connectivity index (χ0) is 34.2. The molecule has 1 atom stereocenters. The third-order valence-electron chi connectivity index (χ3n) is 7.72. The maximum atomic E-state index is 13.0. The quantitative estimate of drug-likeness (QED) is 0.170. The molecule has 48 heavy (non-hydrogen) atoms. The minimum Gasteiger partial charge on any atom is -0.486 e. The van der Waals surface area contributed by atoms with Gasteiger partial charge in [-0.25, -0.2) is 4.79 Å². The number of halogens is 2. The summed E-state index contributed by atoms with van der Waals surface area (Å²) in [5, 5.41) is 17.1. The fourth-order valence-corrected chi connectivity index (χ4v) is 5.72. The molecule has 1 aliphatic rings. The van der Waals surface area contributed by atoms with Crippen LogP contribution >= 0.6 is 23.2 Å². The normalized spacial score (nSPS) is 14.1. The third kappa shape index (κ3) is 8.25. The van der Waals surface area contributed by atoms with Gasteiger partial charge < -0.3 is 30.1 Å². The van der Waals surface area contributed by atoms with Gasteiger partial charge in [0.1, 0.15) is 17.9 Å². The molecule has 252 valence electrons. The molecule has 0 radical (unpaired) electrons. The summed E-state index contributed by atoms with van der Waals surface area (Å²) in [5.41, 5.74) is 3.09. The molecular formula is C32H34Cl2N8O6. The first-order chi connectivity index (χ1) is 23.1. The number of aliphatic imine (C=N–C) groups is 1. The number of amides is 3. The Hall–Kier alpha value is -5.08. The van der Waals surface area contributed by atoms with E-state index in [9.17, 15) is 14.4 Å². The van der Waals surface area contributed by atoms with Gasteiger partial charge >= 0.3 is 6.09 Å². The number of carbonyl (C=O) groups is 3. The maximum Gasteiger partial charge on any atom is 0.411 e. The molecule has 0 bridgehead atoms. The van der Waals surface area contributed by atoms with Crippen molar-refractivity contribution < 1.29 is 29.0 Å². The van der Waals surface area contributed by atoms with Gasteiger partial charge in [-0.05, 0) is 48.7 Å². The number of carboxylic acid groups (broad SMARTS) is 1. The van der Waals surface area contributed by atoms with Crippen molar-refractivity contribution in [3.63, 3.8) is 0 Å². The highest BCUT2D eigenvalue weighted by molar-refractivity contribution is 6.38. The number of hydrogen-bond acceptors (Lipinski definition) is 9. The lowest BCUT2D eigenvalue weighted by molar-refractivity contribution is -0.125. The molecule has 0 saturated carbocycles. The van der Waals surface area contributed by atoms with Gasteiger partial charge in [0.2, 0.25) is 17.8 Å².